The lowest BCUT2D eigenvalue weighted by molar-refractivity contribution is -0.123. The number of allylic oxidation sites excluding steroid dienone is 1. The van der Waals surface area contributed by atoms with Crippen LogP contribution in [0.5, 0.6) is 17.4 Å². The molecule has 1 aliphatic carbocycles. The SMILES string of the molecule is C/C=C1\C=CC(NC(=O)c2cc(Oc3cnc(N(CC4CC4)C(=O)C4CCN(C)CC4)cn3)cc(OC(C)C)c2)=NC1. The molecular weight excluding hydrogens is 532 g/mol. The van der Waals surface area contributed by atoms with Gasteiger partial charge in [0.2, 0.25) is 11.8 Å². The number of benzene rings is 1. The molecule has 10 nitrogen and oxygen atoms in total. The number of amides is 2. The van der Waals surface area contributed by atoms with Gasteiger partial charge in [0, 0.05) is 24.1 Å². The van der Waals surface area contributed by atoms with E-state index in [1.807, 2.05) is 37.8 Å². The summed E-state index contributed by atoms with van der Waals surface area (Å²) in [6.07, 6.45) is 12.7. The number of nitrogens with one attached hydrogen (secondary N) is 1. The van der Waals surface area contributed by atoms with E-state index < -0.39 is 0 Å². The number of hydrogen-bond donors (Lipinski definition) is 1. The summed E-state index contributed by atoms with van der Waals surface area (Å²) in [6.45, 7) is 8.82. The summed E-state index contributed by atoms with van der Waals surface area (Å²) >= 11 is 0. The molecule has 1 aromatic carbocycles. The first-order valence-electron chi connectivity index (χ1n) is 14.8. The molecule has 1 aromatic heterocycles. The molecular formula is C32H40N6O4. The van der Waals surface area contributed by atoms with Crippen LogP contribution in [0.4, 0.5) is 5.82 Å². The first-order chi connectivity index (χ1) is 20.3. The average molecular weight is 573 g/mol. The maximum absolute atomic E-state index is 13.5. The second kappa shape index (κ2) is 13.3. The summed E-state index contributed by atoms with van der Waals surface area (Å²) in [7, 11) is 2.09. The van der Waals surface area contributed by atoms with Crippen molar-refractivity contribution in [3.8, 4) is 17.4 Å². The zero-order chi connectivity index (χ0) is 29.6. The summed E-state index contributed by atoms with van der Waals surface area (Å²) in [5, 5.41) is 2.85. The van der Waals surface area contributed by atoms with E-state index in [2.05, 4.69) is 32.2 Å². The number of anilines is 1. The summed E-state index contributed by atoms with van der Waals surface area (Å²) in [5.74, 6) is 2.50. The van der Waals surface area contributed by atoms with E-state index in [1.165, 1.54) is 6.20 Å². The second-order valence-electron chi connectivity index (χ2n) is 11.5. The van der Waals surface area contributed by atoms with Crippen molar-refractivity contribution in [3.05, 3.63) is 60.0 Å². The minimum atomic E-state index is -0.328. The summed E-state index contributed by atoms with van der Waals surface area (Å²) < 4.78 is 11.9. The number of hydrogen-bond acceptors (Lipinski definition) is 8. The lowest BCUT2D eigenvalue weighted by Crippen LogP contribution is -2.43. The third-order valence-corrected chi connectivity index (χ3v) is 7.60. The van der Waals surface area contributed by atoms with Crippen LogP contribution in [0, 0.1) is 11.8 Å². The van der Waals surface area contributed by atoms with Crippen molar-refractivity contribution in [2.45, 2.75) is 52.6 Å². The molecule has 42 heavy (non-hydrogen) atoms. The van der Waals surface area contributed by atoms with Gasteiger partial charge in [0.25, 0.3) is 5.91 Å². The minimum absolute atomic E-state index is 0.00571. The molecule has 0 unspecified atom stereocenters. The molecule has 5 rings (SSSR count). The Kier molecular flexibility index (Phi) is 9.31. The van der Waals surface area contributed by atoms with E-state index in [1.54, 1.807) is 30.5 Å². The van der Waals surface area contributed by atoms with Crippen molar-refractivity contribution in [1.82, 2.24) is 20.2 Å². The number of dihydropyridines is 1. The number of likely N-dealkylation sites (tertiary alicyclic amines) is 1. The molecule has 2 aromatic rings. The van der Waals surface area contributed by atoms with Crippen LogP contribution in [-0.4, -0.2) is 71.8 Å². The van der Waals surface area contributed by atoms with Crippen LogP contribution < -0.4 is 19.7 Å². The number of aromatic nitrogens is 2. The van der Waals surface area contributed by atoms with E-state index in [4.69, 9.17) is 9.47 Å². The van der Waals surface area contributed by atoms with Crippen LogP contribution in [0.15, 0.2) is 59.4 Å². The largest absolute Gasteiger partial charge is 0.491 e. The molecule has 2 amide bonds. The summed E-state index contributed by atoms with van der Waals surface area (Å²) in [4.78, 5) is 44.1. The molecule has 10 heteroatoms. The Balaban J connectivity index is 1.31. The van der Waals surface area contributed by atoms with Crippen molar-refractivity contribution >= 4 is 23.5 Å². The number of carbonyl (C=O) groups is 2. The van der Waals surface area contributed by atoms with E-state index in [0.717, 1.165) is 44.3 Å². The number of rotatable bonds is 9. The van der Waals surface area contributed by atoms with Gasteiger partial charge < -0.3 is 19.7 Å². The highest BCUT2D eigenvalue weighted by molar-refractivity contribution is 6.11. The van der Waals surface area contributed by atoms with Crippen LogP contribution in [0.3, 0.4) is 0 Å². The molecule has 2 aliphatic heterocycles. The molecule has 0 radical (unpaired) electrons. The zero-order valence-electron chi connectivity index (χ0n) is 24.9. The van der Waals surface area contributed by atoms with Gasteiger partial charge in [0.15, 0.2) is 5.82 Å². The molecule has 1 N–H and O–H groups in total. The van der Waals surface area contributed by atoms with Crippen molar-refractivity contribution in [2.24, 2.45) is 16.8 Å². The topological polar surface area (TPSA) is 109 Å². The van der Waals surface area contributed by atoms with E-state index in [-0.39, 0.29) is 29.7 Å². The highest BCUT2D eigenvalue weighted by Gasteiger charge is 2.33. The Labute approximate surface area is 247 Å². The fourth-order valence-corrected chi connectivity index (χ4v) is 4.98. The lowest BCUT2D eigenvalue weighted by Gasteiger charge is -2.32. The molecule has 0 bridgehead atoms. The first kappa shape index (κ1) is 29.4. The molecule has 1 saturated heterocycles. The van der Waals surface area contributed by atoms with Gasteiger partial charge in [-0.15, -0.1) is 0 Å². The Hall–Kier alpha value is -4.05. The van der Waals surface area contributed by atoms with E-state index in [0.29, 0.717) is 47.7 Å². The number of aliphatic imine (C=N–C) groups is 1. The molecule has 1 saturated carbocycles. The predicted octanol–water partition coefficient (Wildman–Crippen LogP) is 4.79. The fraction of sp³-hybridized carbons (Fsp3) is 0.469. The second-order valence-corrected chi connectivity index (χ2v) is 11.5. The third kappa shape index (κ3) is 7.82. The van der Waals surface area contributed by atoms with Gasteiger partial charge in [-0.25, -0.2) is 9.97 Å². The Morgan fingerprint density at radius 3 is 2.45 bits per heavy atom. The molecule has 3 aliphatic rings. The fourth-order valence-electron chi connectivity index (χ4n) is 4.98. The molecule has 0 atom stereocenters. The maximum Gasteiger partial charge on any atom is 0.257 e. The van der Waals surface area contributed by atoms with Crippen molar-refractivity contribution in [2.75, 3.05) is 38.1 Å². The zero-order valence-corrected chi connectivity index (χ0v) is 24.9. The van der Waals surface area contributed by atoms with Gasteiger partial charge in [-0.3, -0.25) is 19.5 Å². The van der Waals surface area contributed by atoms with Crippen molar-refractivity contribution in [3.63, 3.8) is 0 Å². The Morgan fingerprint density at radius 2 is 1.83 bits per heavy atom. The minimum Gasteiger partial charge on any atom is -0.491 e. The van der Waals surface area contributed by atoms with Gasteiger partial charge in [-0.2, -0.15) is 0 Å². The van der Waals surface area contributed by atoms with Crippen LogP contribution in [0.2, 0.25) is 0 Å². The van der Waals surface area contributed by atoms with Crippen LogP contribution in [0.25, 0.3) is 0 Å². The number of ether oxygens (including phenoxy) is 2. The first-order valence-corrected chi connectivity index (χ1v) is 14.8. The smallest absolute Gasteiger partial charge is 0.257 e. The van der Waals surface area contributed by atoms with Gasteiger partial charge in [0.05, 0.1) is 25.0 Å². The number of carbonyl (C=O) groups excluding carboxylic acids is 2. The van der Waals surface area contributed by atoms with Crippen molar-refractivity contribution in [1.29, 1.82) is 0 Å². The predicted molar refractivity (Wildman–Crippen MR) is 162 cm³/mol. The monoisotopic (exact) mass is 572 g/mol. The molecule has 222 valence electrons. The molecule has 2 fully saturated rings. The molecule has 0 spiro atoms. The lowest BCUT2D eigenvalue weighted by atomic mass is 9.95. The quantitative estimate of drug-likeness (QED) is 0.460. The molecule has 3 heterocycles. The average Bonchev–Trinajstić information content (AvgIpc) is 3.81. The normalized spacial score (nSPS) is 18.6. The Morgan fingerprint density at radius 1 is 1.07 bits per heavy atom. The number of nitrogens with zero attached hydrogens (tertiary/aromatic N) is 5. The van der Waals surface area contributed by atoms with Crippen molar-refractivity contribution < 1.29 is 19.1 Å². The van der Waals surface area contributed by atoms with Crippen LogP contribution in [0.1, 0.15) is 56.8 Å². The van der Waals surface area contributed by atoms with Gasteiger partial charge in [0.1, 0.15) is 17.3 Å². The highest BCUT2D eigenvalue weighted by atomic mass is 16.5. The van der Waals surface area contributed by atoms with Gasteiger partial charge in [-0.1, -0.05) is 12.2 Å². The maximum atomic E-state index is 13.5. The van der Waals surface area contributed by atoms with E-state index >= 15 is 0 Å². The standard InChI is InChI=1S/C32H40N6O4/c1-5-22-8-9-28(33-17-22)36-31(39)25-14-26(41-21(2)3)16-27(15-25)42-30-19-34-29(18-35-30)38(20-23-6-7-23)32(40)24-10-12-37(4)13-11-24/h5,8-9,14-16,18-19,21,23-24H,6-7,10-13,17,20H2,1-4H3,(H,33,36,39)/b22-5+. The third-order valence-electron chi connectivity index (χ3n) is 7.60. The summed E-state index contributed by atoms with van der Waals surface area (Å²) in [6, 6.07) is 5.02. The number of piperidine rings is 1. The van der Waals surface area contributed by atoms with Crippen LogP contribution >= 0.6 is 0 Å². The summed E-state index contributed by atoms with van der Waals surface area (Å²) in [5.41, 5.74) is 1.45. The Bertz CT molecular complexity index is 1370. The number of amidine groups is 1. The van der Waals surface area contributed by atoms with Crippen LogP contribution in [-0.2, 0) is 4.79 Å². The van der Waals surface area contributed by atoms with Gasteiger partial charge in [-0.05, 0) is 96.3 Å². The van der Waals surface area contributed by atoms with Gasteiger partial charge >= 0.3 is 0 Å². The highest BCUT2D eigenvalue weighted by Crippen LogP contribution is 2.33. The van der Waals surface area contributed by atoms with E-state index in [9.17, 15) is 9.59 Å².